The van der Waals surface area contributed by atoms with E-state index in [0.29, 0.717) is 0 Å². The normalized spacial score (nSPS) is 13.4. The lowest BCUT2D eigenvalue weighted by molar-refractivity contribution is 0.668. The van der Waals surface area contributed by atoms with Crippen molar-refractivity contribution >= 4 is 21.9 Å². The number of para-hydroxylation sites is 1. The van der Waals surface area contributed by atoms with Gasteiger partial charge in [-0.1, -0.05) is 24.3 Å². The summed E-state index contributed by atoms with van der Waals surface area (Å²) < 4.78 is 5.75. The molecule has 0 aliphatic rings. The number of furan rings is 1. The van der Waals surface area contributed by atoms with E-state index in [4.69, 9.17) is 10.2 Å². The van der Waals surface area contributed by atoms with E-state index in [9.17, 15) is 0 Å². The fraction of sp³-hybridized carbons (Fsp3) is 0.143. The van der Waals surface area contributed by atoms with Gasteiger partial charge in [-0.25, -0.2) is 0 Å². The Labute approximate surface area is 93.7 Å². The van der Waals surface area contributed by atoms with E-state index in [1.54, 1.807) is 0 Å². The second-order valence-electron chi connectivity index (χ2n) is 4.14. The molecule has 0 amide bonds. The van der Waals surface area contributed by atoms with Crippen LogP contribution in [0.1, 0.15) is 18.5 Å². The second-order valence-corrected chi connectivity index (χ2v) is 4.14. The van der Waals surface area contributed by atoms with Gasteiger partial charge < -0.3 is 10.2 Å². The maximum absolute atomic E-state index is 5.89. The molecular formula is C14H13NO. The molecular weight excluding hydrogens is 198 g/mol. The summed E-state index contributed by atoms with van der Waals surface area (Å²) in [6, 6.07) is 14.3. The molecule has 3 rings (SSSR count). The molecule has 0 aliphatic heterocycles. The van der Waals surface area contributed by atoms with Crippen LogP contribution in [-0.4, -0.2) is 0 Å². The van der Waals surface area contributed by atoms with Crippen LogP contribution in [-0.2, 0) is 0 Å². The van der Waals surface area contributed by atoms with Crippen molar-refractivity contribution < 1.29 is 4.42 Å². The molecule has 2 aromatic carbocycles. The van der Waals surface area contributed by atoms with Crippen molar-refractivity contribution in [1.29, 1.82) is 0 Å². The third kappa shape index (κ3) is 1.31. The highest BCUT2D eigenvalue weighted by molar-refractivity contribution is 6.04. The standard InChI is InChI=1S/C14H13NO/c1-9(15)10-6-7-14-12(8-10)11-4-2-3-5-13(11)16-14/h2-9H,15H2,1H3. The summed E-state index contributed by atoms with van der Waals surface area (Å²) in [6.07, 6.45) is 0. The molecule has 0 radical (unpaired) electrons. The molecule has 1 aromatic heterocycles. The highest BCUT2D eigenvalue weighted by Crippen LogP contribution is 2.30. The maximum Gasteiger partial charge on any atom is 0.135 e. The van der Waals surface area contributed by atoms with Crippen molar-refractivity contribution in [3.05, 3.63) is 48.0 Å². The number of hydrogen-bond donors (Lipinski definition) is 1. The fourth-order valence-electron chi connectivity index (χ4n) is 2.03. The molecule has 1 atom stereocenters. The first-order valence-electron chi connectivity index (χ1n) is 5.42. The smallest absolute Gasteiger partial charge is 0.135 e. The first-order chi connectivity index (χ1) is 7.75. The average Bonchev–Trinajstić information content (AvgIpc) is 2.66. The van der Waals surface area contributed by atoms with Crippen LogP contribution in [0.4, 0.5) is 0 Å². The lowest BCUT2D eigenvalue weighted by Crippen LogP contribution is -2.04. The predicted molar refractivity (Wildman–Crippen MR) is 66.3 cm³/mol. The Hall–Kier alpha value is -1.80. The number of rotatable bonds is 1. The van der Waals surface area contributed by atoms with Gasteiger partial charge in [0.1, 0.15) is 11.2 Å². The SMILES string of the molecule is CC(N)c1ccc2oc3ccccc3c2c1. The summed E-state index contributed by atoms with van der Waals surface area (Å²) in [5.74, 6) is 0. The molecule has 0 fully saturated rings. The van der Waals surface area contributed by atoms with Crippen LogP contribution >= 0.6 is 0 Å². The number of nitrogens with two attached hydrogens (primary N) is 1. The lowest BCUT2D eigenvalue weighted by Gasteiger charge is -2.04. The molecule has 2 N–H and O–H groups in total. The minimum Gasteiger partial charge on any atom is -0.456 e. The van der Waals surface area contributed by atoms with Gasteiger partial charge in [0.2, 0.25) is 0 Å². The van der Waals surface area contributed by atoms with Crippen LogP contribution in [0.15, 0.2) is 46.9 Å². The van der Waals surface area contributed by atoms with Crippen molar-refractivity contribution in [2.24, 2.45) is 5.73 Å². The van der Waals surface area contributed by atoms with Gasteiger partial charge in [0.25, 0.3) is 0 Å². The molecule has 0 spiro atoms. The van der Waals surface area contributed by atoms with Gasteiger partial charge in [0, 0.05) is 16.8 Å². The summed E-state index contributed by atoms with van der Waals surface area (Å²) in [7, 11) is 0. The van der Waals surface area contributed by atoms with Crippen LogP contribution in [0.3, 0.4) is 0 Å². The summed E-state index contributed by atoms with van der Waals surface area (Å²) in [6.45, 7) is 1.99. The zero-order chi connectivity index (χ0) is 11.1. The van der Waals surface area contributed by atoms with Crippen LogP contribution in [0.5, 0.6) is 0 Å². The van der Waals surface area contributed by atoms with Gasteiger partial charge in [-0.3, -0.25) is 0 Å². The summed E-state index contributed by atoms with van der Waals surface area (Å²) in [4.78, 5) is 0. The summed E-state index contributed by atoms with van der Waals surface area (Å²) >= 11 is 0. The van der Waals surface area contributed by atoms with Crippen molar-refractivity contribution in [2.45, 2.75) is 13.0 Å². The van der Waals surface area contributed by atoms with E-state index < -0.39 is 0 Å². The van der Waals surface area contributed by atoms with Gasteiger partial charge in [-0.2, -0.15) is 0 Å². The molecule has 2 nitrogen and oxygen atoms in total. The molecule has 1 heterocycles. The van der Waals surface area contributed by atoms with Gasteiger partial charge in [0.05, 0.1) is 0 Å². The van der Waals surface area contributed by atoms with Gasteiger partial charge in [0.15, 0.2) is 0 Å². The van der Waals surface area contributed by atoms with Gasteiger partial charge in [-0.05, 0) is 30.7 Å². The van der Waals surface area contributed by atoms with Crippen molar-refractivity contribution in [3.63, 3.8) is 0 Å². The highest BCUT2D eigenvalue weighted by atomic mass is 16.3. The summed E-state index contributed by atoms with van der Waals surface area (Å²) in [5, 5.41) is 2.30. The Kier molecular flexibility index (Phi) is 1.98. The first kappa shape index (κ1) is 9.43. The summed E-state index contributed by atoms with van der Waals surface area (Å²) in [5.41, 5.74) is 8.88. The van der Waals surface area contributed by atoms with Crippen LogP contribution in [0.2, 0.25) is 0 Å². The monoisotopic (exact) mass is 211 g/mol. The fourth-order valence-corrected chi connectivity index (χ4v) is 2.03. The molecule has 1 unspecified atom stereocenters. The minimum absolute atomic E-state index is 0.0538. The lowest BCUT2D eigenvalue weighted by atomic mass is 10.1. The number of fused-ring (bicyclic) bond motifs is 3. The number of hydrogen-bond acceptors (Lipinski definition) is 2. The predicted octanol–water partition coefficient (Wildman–Crippen LogP) is 3.61. The van der Waals surface area contributed by atoms with Gasteiger partial charge >= 0.3 is 0 Å². The molecule has 80 valence electrons. The van der Waals surface area contributed by atoms with Crippen molar-refractivity contribution in [1.82, 2.24) is 0 Å². The maximum atomic E-state index is 5.89. The molecule has 0 saturated carbocycles. The topological polar surface area (TPSA) is 39.2 Å². The Bertz CT molecular complexity index is 652. The molecule has 3 aromatic rings. The zero-order valence-corrected chi connectivity index (χ0v) is 9.10. The van der Waals surface area contributed by atoms with E-state index in [1.807, 2.05) is 37.3 Å². The van der Waals surface area contributed by atoms with Gasteiger partial charge in [-0.15, -0.1) is 0 Å². The largest absolute Gasteiger partial charge is 0.456 e. The third-order valence-electron chi connectivity index (χ3n) is 2.93. The highest BCUT2D eigenvalue weighted by Gasteiger charge is 2.07. The molecule has 16 heavy (non-hydrogen) atoms. The van der Waals surface area contributed by atoms with E-state index >= 15 is 0 Å². The molecule has 2 heteroatoms. The van der Waals surface area contributed by atoms with Crippen LogP contribution in [0.25, 0.3) is 21.9 Å². The third-order valence-corrected chi connectivity index (χ3v) is 2.93. The Morgan fingerprint density at radius 1 is 1.00 bits per heavy atom. The minimum atomic E-state index is 0.0538. The van der Waals surface area contributed by atoms with E-state index in [2.05, 4.69) is 12.1 Å². The average molecular weight is 211 g/mol. The quantitative estimate of drug-likeness (QED) is 0.667. The van der Waals surface area contributed by atoms with Crippen molar-refractivity contribution in [2.75, 3.05) is 0 Å². The van der Waals surface area contributed by atoms with Crippen molar-refractivity contribution in [3.8, 4) is 0 Å². The first-order valence-corrected chi connectivity index (χ1v) is 5.42. The Morgan fingerprint density at radius 3 is 2.56 bits per heavy atom. The van der Waals surface area contributed by atoms with E-state index in [-0.39, 0.29) is 6.04 Å². The Morgan fingerprint density at radius 2 is 1.75 bits per heavy atom. The molecule has 0 saturated heterocycles. The molecule has 0 aliphatic carbocycles. The van der Waals surface area contributed by atoms with Crippen LogP contribution < -0.4 is 5.73 Å². The zero-order valence-electron chi connectivity index (χ0n) is 9.10. The van der Waals surface area contributed by atoms with E-state index in [1.165, 1.54) is 0 Å². The van der Waals surface area contributed by atoms with E-state index in [0.717, 1.165) is 27.5 Å². The second kappa shape index (κ2) is 3.35. The van der Waals surface area contributed by atoms with Crippen LogP contribution in [0, 0.1) is 0 Å². The Balaban J connectivity index is 2.40. The molecule has 0 bridgehead atoms. The number of benzene rings is 2.